The van der Waals surface area contributed by atoms with Crippen molar-refractivity contribution in [2.75, 3.05) is 13.1 Å². The molecule has 2 aromatic heterocycles. The molecule has 1 aliphatic heterocycles. The molecule has 0 aliphatic carbocycles. The molecule has 7 heteroatoms. The van der Waals surface area contributed by atoms with Crippen molar-refractivity contribution in [3.05, 3.63) is 69.7 Å². The van der Waals surface area contributed by atoms with Crippen molar-refractivity contribution in [2.45, 2.75) is 32.2 Å². The fourth-order valence-electron chi connectivity index (χ4n) is 4.17. The average Bonchev–Trinajstić information content (AvgIpc) is 3.21. The van der Waals surface area contributed by atoms with Crippen LogP contribution in [0.3, 0.4) is 0 Å². The number of amides is 1. The second kappa shape index (κ2) is 7.65. The van der Waals surface area contributed by atoms with Gasteiger partial charge in [-0.1, -0.05) is 24.3 Å². The quantitative estimate of drug-likeness (QED) is 0.509. The number of thiazole rings is 1. The lowest BCUT2D eigenvalue weighted by molar-refractivity contribution is -0.133. The van der Waals surface area contributed by atoms with Crippen molar-refractivity contribution in [3.8, 4) is 0 Å². The van der Waals surface area contributed by atoms with Crippen molar-refractivity contribution in [1.29, 1.82) is 0 Å². The lowest BCUT2D eigenvalue weighted by Crippen LogP contribution is -2.42. The zero-order valence-electron chi connectivity index (χ0n) is 16.7. The van der Waals surface area contributed by atoms with E-state index in [0.29, 0.717) is 23.3 Å². The molecule has 1 amide bonds. The minimum atomic E-state index is -0.161. The molecule has 1 fully saturated rings. The van der Waals surface area contributed by atoms with Gasteiger partial charge >= 0.3 is 0 Å². The molecule has 4 aromatic rings. The van der Waals surface area contributed by atoms with Crippen molar-refractivity contribution in [1.82, 2.24) is 19.4 Å². The number of piperidine rings is 1. The smallest absolute Gasteiger partial charge is 0.261 e. The fourth-order valence-corrected chi connectivity index (χ4v) is 5.26. The second-order valence-electron chi connectivity index (χ2n) is 7.77. The third-order valence-corrected chi connectivity index (χ3v) is 6.98. The molecule has 30 heavy (non-hydrogen) atoms. The molecule has 0 bridgehead atoms. The number of para-hydroxylation sites is 2. The number of benzene rings is 2. The van der Waals surface area contributed by atoms with E-state index in [1.807, 2.05) is 41.3 Å². The van der Waals surface area contributed by atoms with E-state index in [-0.39, 0.29) is 23.9 Å². The zero-order chi connectivity index (χ0) is 20.7. The van der Waals surface area contributed by atoms with Crippen LogP contribution in [0.25, 0.3) is 21.1 Å². The first-order chi connectivity index (χ1) is 14.6. The largest absolute Gasteiger partial charge is 0.340 e. The minimum absolute atomic E-state index is 0.0229. The lowest BCUT2D eigenvalue weighted by atomic mass is 9.98. The highest BCUT2D eigenvalue weighted by Crippen LogP contribution is 2.33. The number of carbonyl (C=O) groups excluding carboxylic acids is 1. The molecule has 0 saturated carbocycles. The normalized spacial score (nSPS) is 17.0. The van der Waals surface area contributed by atoms with Gasteiger partial charge < -0.3 is 4.90 Å². The van der Waals surface area contributed by atoms with Crippen molar-refractivity contribution >= 4 is 38.4 Å². The zero-order valence-corrected chi connectivity index (χ0v) is 17.6. The van der Waals surface area contributed by atoms with E-state index in [1.165, 1.54) is 9.27 Å². The van der Waals surface area contributed by atoms with E-state index in [4.69, 9.17) is 4.98 Å². The van der Waals surface area contributed by atoms with Gasteiger partial charge in [0.15, 0.2) is 0 Å². The summed E-state index contributed by atoms with van der Waals surface area (Å²) in [4.78, 5) is 37.1. The summed E-state index contributed by atoms with van der Waals surface area (Å²) >= 11 is 1.71. The number of aromatic nitrogens is 3. The Hall–Kier alpha value is -3.06. The molecule has 1 aliphatic rings. The number of hydrogen-bond donors (Lipinski definition) is 0. The topological polar surface area (TPSA) is 68.1 Å². The first-order valence-electron chi connectivity index (χ1n) is 10.2. The number of nitrogens with zero attached hydrogens (tertiary/aromatic N) is 4. The van der Waals surface area contributed by atoms with Gasteiger partial charge in [-0.05, 0) is 44.0 Å². The Balaban J connectivity index is 1.37. The second-order valence-corrected chi connectivity index (χ2v) is 8.83. The van der Waals surface area contributed by atoms with Gasteiger partial charge in [-0.2, -0.15) is 0 Å². The third-order valence-electron chi connectivity index (χ3n) is 5.78. The Labute approximate surface area is 177 Å². The van der Waals surface area contributed by atoms with Crippen molar-refractivity contribution < 1.29 is 4.79 Å². The van der Waals surface area contributed by atoms with Gasteiger partial charge in [-0.3, -0.25) is 14.2 Å². The number of aryl methyl sites for hydroxylation is 1. The molecule has 0 radical (unpaired) electrons. The summed E-state index contributed by atoms with van der Waals surface area (Å²) in [6.45, 7) is 3.17. The van der Waals surface area contributed by atoms with Gasteiger partial charge in [0.25, 0.3) is 5.56 Å². The summed E-state index contributed by atoms with van der Waals surface area (Å²) in [6, 6.07) is 15.4. The fraction of sp³-hybridized carbons (Fsp3) is 0.304. The predicted octanol–water partition coefficient (Wildman–Crippen LogP) is 3.72. The number of fused-ring (bicyclic) bond motifs is 2. The van der Waals surface area contributed by atoms with Crippen LogP contribution in [0.5, 0.6) is 0 Å². The number of hydrogen-bond acceptors (Lipinski definition) is 5. The Morgan fingerprint density at radius 1 is 1.10 bits per heavy atom. The van der Waals surface area contributed by atoms with E-state index in [0.717, 1.165) is 29.9 Å². The van der Waals surface area contributed by atoms with Crippen LogP contribution < -0.4 is 5.56 Å². The van der Waals surface area contributed by atoms with Crippen LogP contribution in [0.4, 0.5) is 0 Å². The maximum absolute atomic E-state index is 13.1. The summed E-state index contributed by atoms with van der Waals surface area (Å²) < 4.78 is 2.67. The highest BCUT2D eigenvalue weighted by Gasteiger charge is 2.27. The molecule has 5 rings (SSSR count). The Kier molecular flexibility index (Phi) is 4.83. The van der Waals surface area contributed by atoms with Crippen LogP contribution in [0.2, 0.25) is 0 Å². The van der Waals surface area contributed by atoms with Gasteiger partial charge in [0.1, 0.15) is 12.4 Å². The maximum Gasteiger partial charge on any atom is 0.261 e. The van der Waals surface area contributed by atoms with E-state index in [2.05, 4.69) is 11.1 Å². The van der Waals surface area contributed by atoms with Gasteiger partial charge in [-0.25, -0.2) is 9.97 Å². The summed E-state index contributed by atoms with van der Waals surface area (Å²) in [5, 5.41) is 1.64. The molecule has 1 saturated heterocycles. The Bertz CT molecular complexity index is 1280. The Morgan fingerprint density at radius 3 is 2.70 bits per heavy atom. The minimum Gasteiger partial charge on any atom is -0.340 e. The molecule has 0 N–H and O–H groups in total. The van der Waals surface area contributed by atoms with E-state index < -0.39 is 0 Å². The van der Waals surface area contributed by atoms with E-state index in [9.17, 15) is 9.59 Å². The van der Waals surface area contributed by atoms with Crippen LogP contribution in [0.1, 0.15) is 29.6 Å². The molecule has 0 spiro atoms. The van der Waals surface area contributed by atoms with Gasteiger partial charge in [0.05, 0.1) is 26.1 Å². The number of rotatable bonds is 3. The maximum atomic E-state index is 13.1. The predicted molar refractivity (Wildman–Crippen MR) is 119 cm³/mol. The molecule has 1 atom stereocenters. The standard InChI is InChI=1S/C23H22N4O2S/c1-15-24-18-9-3-2-8-17(18)23(29)27(15)14-21(28)26-12-6-7-16(13-26)22-25-19-10-4-5-11-20(19)30-22/h2-5,8-11,16H,6-7,12-14H2,1H3/t16-/m1/s1. The molecule has 0 unspecified atom stereocenters. The van der Waals surface area contributed by atoms with E-state index >= 15 is 0 Å². The summed E-state index contributed by atoms with van der Waals surface area (Å²) in [5.41, 5.74) is 1.52. The van der Waals surface area contributed by atoms with Crippen LogP contribution >= 0.6 is 11.3 Å². The monoisotopic (exact) mass is 418 g/mol. The van der Waals surface area contributed by atoms with Crippen LogP contribution in [0.15, 0.2) is 53.3 Å². The molecule has 152 valence electrons. The lowest BCUT2D eigenvalue weighted by Gasteiger charge is -2.32. The number of carbonyl (C=O) groups is 1. The van der Waals surface area contributed by atoms with Crippen molar-refractivity contribution in [3.63, 3.8) is 0 Å². The Morgan fingerprint density at radius 2 is 1.87 bits per heavy atom. The summed E-state index contributed by atoms with van der Waals surface area (Å²) in [7, 11) is 0. The van der Waals surface area contributed by atoms with E-state index in [1.54, 1.807) is 24.3 Å². The first-order valence-corrected chi connectivity index (χ1v) is 11.0. The highest BCUT2D eigenvalue weighted by atomic mass is 32.1. The van der Waals surface area contributed by atoms with Gasteiger partial charge in [0, 0.05) is 19.0 Å². The van der Waals surface area contributed by atoms with Gasteiger partial charge in [-0.15, -0.1) is 11.3 Å². The SMILES string of the molecule is Cc1nc2ccccc2c(=O)n1CC(=O)N1CCC[C@@H](c2nc3ccccc3s2)C1. The summed E-state index contributed by atoms with van der Waals surface area (Å²) in [5.74, 6) is 0.766. The van der Waals surface area contributed by atoms with Crippen LogP contribution in [-0.2, 0) is 11.3 Å². The average molecular weight is 419 g/mol. The van der Waals surface area contributed by atoms with Crippen LogP contribution in [-0.4, -0.2) is 38.4 Å². The highest BCUT2D eigenvalue weighted by molar-refractivity contribution is 7.18. The molecule has 6 nitrogen and oxygen atoms in total. The van der Waals surface area contributed by atoms with Crippen molar-refractivity contribution in [2.24, 2.45) is 0 Å². The third kappa shape index (κ3) is 3.39. The van der Waals surface area contributed by atoms with Crippen LogP contribution in [0, 0.1) is 6.92 Å². The summed E-state index contributed by atoms with van der Waals surface area (Å²) in [6.07, 6.45) is 1.97. The molecule has 2 aromatic carbocycles. The number of likely N-dealkylation sites (tertiary alicyclic amines) is 1. The first kappa shape index (κ1) is 18.9. The molecule has 3 heterocycles. The molecular formula is C23H22N4O2S. The molecular weight excluding hydrogens is 396 g/mol. The van der Waals surface area contributed by atoms with Gasteiger partial charge in [0.2, 0.25) is 5.91 Å².